The second-order valence-corrected chi connectivity index (χ2v) is 5.10. The van der Waals surface area contributed by atoms with E-state index in [9.17, 15) is 8.78 Å². The highest BCUT2D eigenvalue weighted by Crippen LogP contribution is 2.25. The Morgan fingerprint density at radius 2 is 1.75 bits per heavy atom. The molecule has 2 nitrogen and oxygen atoms in total. The van der Waals surface area contributed by atoms with Crippen LogP contribution in [0, 0.1) is 11.6 Å². The molecule has 0 radical (unpaired) electrons. The standard InChI is InChI=1S/C16H24F2O2/c1-4-5-6-7-8-12(2)20-16-14(17)9-13(11-19-3)10-15(16)18/h9-10,12H,4-8,11H2,1-3H3. The normalized spacial score (nSPS) is 12.4. The van der Waals surface area contributed by atoms with Crippen molar-refractivity contribution < 1.29 is 18.3 Å². The number of halogens is 2. The van der Waals surface area contributed by atoms with Gasteiger partial charge < -0.3 is 9.47 Å². The Balaban J connectivity index is 2.58. The van der Waals surface area contributed by atoms with Gasteiger partial charge in [0.05, 0.1) is 12.7 Å². The van der Waals surface area contributed by atoms with Crippen LogP contribution in [0.15, 0.2) is 12.1 Å². The van der Waals surface area contributed by atoms with Crippen LogP contribution in [-0.4, -0.2) is 13.2 Å². The highest BCUT2D eigenvalue weighted by molar-refractivity contribution is 5.31. The van der Waals surface area contributed by atoms with E-state index in [4.69, 9.17) is 9.47 Å². The minimum Gasteiger partial charge on any atom is -0.485 e. The minimum atomic E-state index is -0.669. The number of hydrogen-bond donors (Lipinski definition) is 0. The zero-order valence-electron chi connectivity index (χ0n) is 12.5. The summed E-state index contributed by atoms with van der Waals surface area (Å²) in [6.45, 7) is 4.17. The molecule has 0 spiro atoms. The molecule has 0 fully saturated rings. The summed E-state index contributed by atoms with van der Waals surface area (Å²) in [4.78, 5) is 0. The van der Waals surface area contributed by atoms with Crippen LogP contribution in [-0.2, 0) is 11.3 Å². The van der Waals surface area contributed by atoms with Crippen molar-refractivity contribution in [1.82, 2.24) is 0 Å². The second-order valence-electron chi connectivity index (χ2n) is 5.10. The summed E-state index contributed by atoms with van der Waals surface area (Å²) in [5.74, 6) is -1.62. The van der Waals surface area contributed by atoms with Crippen molar-refractivity contribution in [2.24, 2.45) is 0 Å². The predicted octanol–water partition coefficient (Wildman–Crippen LogP) is 4.85. The van der Waals surface area contributed by atoms with E-state index in [0.29, 0.717) is 5.56 Å². The van der Waals surface area contributed by atoms with E-state index in [1.165, 1.54) is 32.1 Å². The fourth-order valence-electron chi connectivity index (χ4n) is 2.09. The van der Waals surface area contributed by atoms with Gasteiger partial charge in [-0.05, 0) is 37.5 Å². The maximum Gasteiger partial charge on any atom is 0.191 e. The van der Waals surface area contributed by atoms with E-state index in [1.807, 2.05) is 6.92 Å². The van der Waals surface area contributed by atoms with Crippen LogP contribution in [0.2, 0.25) is 0 Å². The van der Waals surface area contributed by atoms with Crippen molar-refractivity contribution in [3.63, 3.8) is 0 Å². The molecule has 1 unspecified atom stereocenters. The van der Waals surface area contributed by atoms with E-state index in [-0.39, 0.29) is 18.5 Å². The summed E-state index contributed by atoms with van der Waals surface area (Å²) >= 11 is 0. The van der Waals surface area contributed by atoms with Crippen molar-refractivity contribution in [3.8, 4) is 5.75 Å². The van der Waals surface area contributed by atoms with Crippen molar-refractivity contribution in [1.29, 1.82) is 0 Å². The number of hydrogen-bond acceptors (Lipinski definition) is 2. The Bertz CT molecular complexity index is 384. The summed E-state index contributed by atoms with van der Waals surface area (Å²) in [5, 5.41) is 0. The average molecular weight is 286 g/mol. The first-order chi connectivity index (χ1) is 9.58. The number of methoxy groups -OCH3 is 1. The molecule has 1 aromatic carbocycles. The second kappa shape index (κ2) is 8.90. The number of unbranched alkanes of at least 4 members (excludes halogenated alkanes) is 3. The van der Waals surface area contributed by atoms with E-state index < -0.39 is 11.6 Å². The summed E-state index contributed by atoms with van der Waals surface area (Å²) < 4.78 is 37.9. The van der Waals surface area contributed by atoms with Gasteiger partial charge in [-0.3, -0.25) is 0 Å². The lowest BCUT2D eigenvalue weighted by Gasteiger charge is -2.16. The van der Waals surface area contributed by atoms with Gasteiger partial charge in [0, 0.05) is 7.11 Å². The van der Waals surface area contributed by atoms with Gasteiger partial charge in [0.2, 0.25) is 0 Å². The zero-order chi connectivity index (χ0) is 15.0. The van der Waals surface area contributed by atoms with Gasteiger partial charge in [0.25, 0.3) is 0 Å². The Morgan fingerprint density at radius 1 is 1.10 bits per heavy atom. The Morgan fingerprint density at radius 3 is 2.30 bits per heavy atom. The highest BCUT2D eigenvalue weighted by Gasteiger charge is 2.15. The first kappa shape index (κ1) is 16.9. The minimum absolute atomic E-state index is 0.181. The molecule has 1 aromatic rings. The number of ether oxygens (including phenoxy) is 2. The first-order valence-electron chi connectivity index (χ1n) is 7.22. The Labute approximate surface area is 120 Å². The van der Waals surface area contributed by atoms with Crippen LogP contribution in [0.3, 0.4) is 0 Å². The third-order valence-electron chi connectivity index (χ3n) is 3.15. The van der Waals surface area contributed by atoms with Crippen molar-refractivity contribution in [3.05, 3.63) is 29.3 Å². The first-order valence-corrected chi connectivity index (χ1v) is 7.22. The molecule has 114 valence electrons. The largest absolute Gasteiger partial charge is 0.485 e. The smallest absolute Gasteiger partial charge is 0.191 e. The van der Waals surface area contributed by atoms with E-state index in [0.717, 1.165) is 19.3 Å². The molecule has 0 saturated carbocycles. The van der Waals surface area contributed by atoms with E-state index in [1.54, 1.807) is 0 Å². The lowest BCUT2D eigenvalue weighted by Crippen LogP contribution is -2.14. The molecule has 0 aliphatic carbocycles. The molecule has 20 heavy (non-hydrogen) atoms. The summed E-state index contributed by atoms with van der Waals surface area (Å²) in [6, 6.07) is 2.51. The topological polar surface area (TPSA) is 18.5 Å². The quantitative estimate of drug-likeness (QED) is 0.604. The van der Waals surface area contributed by atoms with Gasteiger partial charge in [0.1, 0.15) is 0 Å². The van der Waals surface area contributed by atoms with Crippen LogP contribution in [0.25, 0.3) is 0 Å². The van der Waals surface area contributed by atoms with Gasteiger partial charge in [-0.25, -0.2) is 8.78 Å². The maximum absolute atomic E-state index is 13.8. The molecule has 1 atom stereocenters. The molecule has 0 bridgehead atoms. The molecule has 0 aliphatic heterocycles. The van der Waals surface area contributed by atoms with Gasteiger partial charge in [-0.1, -0.05) is 26.2 Å². The van der Waals surface area contributed by atoms with Crippen molar-refractivity contribution >= 4 is 0 Å². The Hall–Kier alpha value is -1.16. The molecule has 0 aliphatic rings. The zero-order valence-corrected chi connectivity index (χ0v) is 12.5. The van der Waals surface area contributed by atoms with E-state index >= 15 is 0 Å². The van der Waals surface area contributed by atoms with Crippen LogP contribution in [0.4, 0.5) is 8.78 Å². The molecule has 0 aromatic heterocycles. The summed E-state index contributed by atoms with van der Waals surface area (Å²) in [5.41, 5.74) is 0.463. The van der Waals surface area contributed by atoms with Crippen LogP contribution in [0.1, 0.15) is 51.5 Å². The molecule has 0 heterocycles. The predicted molar refractivity (Wildman–Crippen MR) is 75.9 cm³/mol. The fourth-order valence-corrected chi connectivity index (χ4v) is 2.09. The SMILES string of the molecule is CCCCCCC(C)Oc1c(F)cc(COC)cc1F. The summed E-state index contributed by atoms with van der Waals surface area (Å²) in [6.07, 6.45) is 5.10. The highest BCUT2D eigenvalue weighted by atomic mass is 19.1. The van der Waals surface area contributed by atoms with Crippen molar-refractivity contribution in [2.45, 2.75) is 58.7 Å². The van der Waals surface area contributed by atoms with Crippen molar-refractivity contribution in [2.75, 3.05) is 7.11 Å². The maximum atomic E-state index is 13.8. The lowest BCUT2D eigenvalue weighted by atomic mass is 10.1. The molecular formula is C16H24F2O2. The van der Waals surface area contributed by atoms with Gasteiger partial charge in [0.15, 0.2) is 17.4 Å². The third kappa shape index (κ3) is 5.45. The van der Waals surface area contributed by atoms with Gasteiger partial charge in [-0.15, -0.1) is 0 Å². The molecular weight excluding hydrogens is 262 g/mol. The molecule has 4 heteroatoms. The van der Waals surface area contributed by atoms with E-state index in [2.05, 4.69) is 6.92 Å². The van der Waals surface area contributed by atoms with Crippen LogP contribution in [0.5, 0.6) is 5.75 Å². The fraction of sp³-hybridized carbons (Fsp3) is 0.625. The average Bonchev–Trinajstić information content (AvgIpc) is 2.39. The molecule has 0 saturated heterocycles. The van der Waals surface area contributed by atoms with Crippen LogP contribution >= 0.6 is 0 Å². The number of benzene rings is 1. The van der Waals surface area contributed by atoms with Gasteiger partial charge >= 0.3 is 0 Å². The molecule has 1 rings (SSSR count). The monoisotopic (exact) mass is 286 g/mol. The van der Waals surface area contributed by atoms with Crippen LogP contribution < -0.4 is 4.74 Å². The van der Waals surface area contributed by atoms with Gasteiger partial charge in [-0.2, -0.15) is 0 Å². The molecule has 0 amide bonds. The molecule has 0 N–H and O–H groups in total. The Kier molecular flexibility index (Phi) is 7.52. The third-order valence-corrected chi connectivity index (χ3v) is 3.15. The summed E-state index contributed by atoms with van der Waals surface area (Å²) in [7, 11) is 1.48. The number of rotatable bonds is 9. The lowest BCUT2D eigenvalue weighted by molar-refractivity contribution is 0.179.